The molecule has 0 saturated heterocycles. The molecule has 0 aliphatic carbocycles. The van der Waals surface area contributed by atoms with E-state index in [2.05, 4.69) is 6.58 Å². The van der Waals surface area contributed by atoms with Crippen molar-refractivity contribution in [3.05, 3.63) is 82.4 Å². The smallest absolute Gasteiger partial charge is 0.298 e. The van der Waals surface area contributed by atoms with Gasteiger partial charge in [-0.1, -0.05) is 43.0 Å². The molecule has 2 aromatic carbocycles. The summed E-state index contributed by atoms with van der Waals surface area (Å²) in [5, 5.41) is 0. The van der Waals surface area contributed by atoms with E-state index in [1.165, 1.54) is 43.5 Å². The molecule has 2 rings (SSSR count). The molecule has 0 N–H and O–H groups in total. The summed E-state index contributed by atoms with van der Waals surface area (Å²) in [6.45, 7) is 5.49. The van der Waals surface area contributed by atoms with Gasteiger partial charge in [0.05, 0.1) is 6.54 Å². The molecule has 0 aliphatic heterocycles. The highest BCUT2D eigenvalue weighted by molar-refractivity contribution is 5.65. The Labute approximate surface area is 199 Å². The van der Waals surface area contributed by atoms with E-state index in [0.717, 1.165) is 16.5 Å². The minimum Gasteiger partial charge on any atom is -0.298 e. The molecule has 192 valence electrons. The third-order valence-corrected chi connectivity index (χ3v) is 5.69. The van der Waals surface area contributed by atoms with E-state index in [1.54, 1.807) is 13.8 Å². The molecule has 2 unspecified atom stereocenters. The average molecular weight is 505 g/mol. The van der Waals surface area contributed by atoms with Crippen LogP contribution < -0.4 is 0 Å². The second-order valence-corrected chi connectivity index (χ2v) is 8.53. The summed E-state index contributed by atoms with van der Waals surface area (Å²) < 4.78 is 109. The van der Waals surface area contributed by atoms with E-state index in [0.29, 0.717) is 11.6 Å². The molecule has 0 aromatic heterocycles. The molecule has 0 aliphatic rings. The minimum atomic E-state index is -4.77. The topological polar surface area (TPSA) is 3.24 Å². The summed E-state index contributed by atoms with van der Waals surface area (Å²) in [4.78, 5) is 0.905. The van der Waals surface area contributed by atoms with Crippen LogP contribution in [0, 0.1) is 13.8 Å². The second kappa shape index (κ2) is 11.4. The molecule has 0 heterocycles. The summed E-state index contributed by atoms with van der Waals surface area (Å²) in [6, 6.07) is 7.75. The van der Waals surface area contributed by atoms with Gasteiger partial charge in [0.25, 0.3) is 0 Å². The normalized spacial score (nSPS) is 14.8. The Kier molecular flexibility index (Phi) is 9.28. The number of rotatable bonds is 9. The van der Waals surface area contributed by atoms with Crippen molar-refractivity contribution in [3.8, 4) is 0 Å². The van der Waals surface area contributed by atoms with E-state index >= 15 is 4.39 Å². The van der Waals surface area contributed by atoms with Crippen LogP contribution in [0.25, 0.3) is 11.9 Å². The highest BCUT2D eigenvalue weighted by Gasteiger charge is 2.40. The lowest BCUT2D eigenvalue weighted by Crippen LogP contribution is -2.32. The van der Waals surface area contributed by atoms with Crippen molar-refractivity contribution in [1.29, 1.82) is 0 Å². The summed E-state index contributed by atoms with van der Waals surface area (Å²) in [5.74, 6) is -3.41. The zero-order chi connectivity index (χ0) is 26.6. The maximum Gasteiger partial charge on any atom is 0.401 e. The van der Waals surface area contributed by atoms with Crippen LogP contribution in [0.3, 0.4) is 0 Å². The molecule has 0 spiro atoms. The summed E-state index contributed by atoms with van der Waals surface area (Å²) in [7, 11) is 1.19. The fraction of sp³-hybridized carbons (Fsp3) is 0.385. The Morgan fingerprint density at radius 1 is 1.00 bits per heavy atom. The molecule has 0 saturated carbocycles. The standard InChI is InChI=1S/C26H27F8N/c1-5-18-8-9-20(13-21(18)23(27)10-11-35(4)15-25(29,30)31)24(28)14-22(26(32,33)34)19-7-6-16(2)17(3)12-19/h5-9,12-14,22-23H,1,10-11,15H2,2-4H3/b24-14-. The number of alkyl halides is 7. The van der Waals surface area contributed by atoms with Crippen molar-refractivity contribution in [2.45, 2.75) is 44.7 Å². The molecule has 0 bridgehead atoms. The fourth-order valence-corrected chi connectivity index (χ4v) is 3.64. The van der Waals surface area contributed by atoms with Gasteiger partial charge in [-0.3, -0.25) is 4.90 Å². The molecule has 0 amide bonds. The van der Waals surface area contributed by atoms with Crippen LogP contribution in [-0.4, -0.2) is 37.4 Å². The number of benzene rings is 2. The zero-order valence-corrected chi connectivity index (χ0v) is 19.6. The molecular formula is C26H27F8N. The highest BCUT2D eigenvalue weighted by Crippen LogP contribution is 2.39. The number of hydrogen-bond acceptors (Lipinski definition) is 1. The lowest BCUT2D eigenvalue weighted by atomic mass is 9.92. The maximum atomic E-state index is 15.0. The average Bonchev–Trinajstić information content (AvgIpc) is 2.75. The molecule has 2 aromatic rings. The van der Waals surface area contributed by atoms with E-state index in [1.807, 2.05) is 0 Å². The van der Waals surface area contributed by atoms with Crippen LogP contribution in [-0.2, 0) is 0 Å². The molecule has 0 radical (unpaired) electrons. The first-order valence-corrected chi connectivity index (χ1v) is 10.8. The van der Waals surface area contributed by atoms with Gasteiger partial charge in [-0.25, -0.2) is 8.78 Å². The number of aryl methyl sites for hydroxylation is 2. The predicted octanol–water partition coefficient (Wildman–Crippen LogP) is 8.50. The van der Waals surface area contributed by atoms with Crippen LogP contribution in [0.2, 0.25) is 0 Å². The van der Waals surface area contributed by atoms with Gasteiger partial charge in [-0.15, -0.1) is 0 Å². The van der Waals surface area contributed by atoms with Gasteiger partial charge in [0.15, 0.2) is 0 Å². The van der Waals surface area contributed by atoms with Gasteiger partial charge in [-0.05, 0) is 67.3 Å². The van der Waals surface area contributed by atoms with Crippen molar-refractivity contribution in [2.24, 2.45) is 0 Å². The minimum absolute atomic E-state index is 0.0591. The van der Waals surface area contributed by atoms with Crippen LogP contribution in [0.15, 0.2) is 49.1 Å². The predicted molar refractivity (Wildman–Crippen MR) is 122 cm³/mol. The van der Waals surface area contributed by atoms with Crippen molar-refractivity contribution >= 4 is 11.9 Å². The first kappa shape index (κ1) is 28.6. The number of allylic oxidation sites excluding steroid dienone is 1. The third kappa shape index (κ3) is 8.19. The van der Waals surface area contributed by atoms with Gasteiger partial charge in [0.2, 0.25) is 0 Å². The third-order valence-electron chi connectivity index (χ3n) is 5.69. The largest absolute Gasteiger partial charge is 0.401 e. The monoisotopic (exact) mass is 505 g/mol. The quantitative estimate of drug-likeness (QED) is 0.309. The van der Waals surface area contributed by atoms with Crippen molar-refractivity contribution in [1.82, 2.24) is 4.90 Å². The first-order chi connectivity index (χ1) is 16.1. The summed E-state index contributed by atoms with van der Waals surface area (Å²) >= 11 is 0. The molecule has 35 heavy (non-hydrogen) atoms. The first-order valence-electron chi connectivity index (χ1n) is 10.8. The molecular weight excluding hydrogens is 478 g/mol. The number of nitrogens with zero attached hydrogens (tertiary/aromatic N) is 1. The van der Waals surface area contributed by atoms with Crippen LogP contribution in [0.4, 0.5) is 35.1 Å². The van der Waals surface area contributed by atoms with E-state index in [9.17, 15) is 30.7 Å². The summed E-state index contributed by atoms with van der Waals surface area (Å²) in [5.41, 5.74) is 1.23. The van der Waals surface area contributed by atoms with Crippen LogP contribution in [0.5, 0.6) is 0 Å². The van der Waals surface area contributed by atoms with Gasteiger partial charge < -0.3 is 0 Å². The fourth-order valence-electron chi connectivity index (χ4n) is 3.64. The molecule has 0 fully saturated rings. The maximum absolute atomic E-state index is 15.0. The van der Waals surface area contributed by atoms with E-state index in [-0.39, 0.29) is 35.2 Å². The Hall–Kier alpha value is -2.68. The van der Waals surface area contributed by atoms with Crippen molar-refractivity contribution < 1.29 is 35.1 Å². The SMILES string of the molecule is C=Cc1ccc(/C(F)=C/C(c2ccc(C)c(C)c2)C(F)(F)F)cc1C(F)CCN(C)CC(F)(F)F. The van der Waals surface area contributed by atoms with Gasteiger partial charge in [0, 0.05) is 12.1 Å². The Morgan fingerprint density at radius 2 is 1.66 bits per heavy atom. The van der Waals surface area contributed by atoms with Crippen LogP contribution >= 0.6 is 0 Å². The zero-order valence-electron chi connectivity index (χ0n) is 19.6. The van der Waals surface area contributed by atoms with Gasteiger partial charge in [-0.2, -0.15) is 26.3 Å². The Balaban J connectivity index is 2.36. The summed E-state index contributed by atoms with van der Waals surface area (Å²) in [6.07, 6.45) is -9.57. The lowest BCUT2D eigenvalue weighted by molar-refractivity contribution is -0.143. The van der Waals surface area contributed by atoms with Gasteiger partial charge >= 0.3 is 12.4 Å². The molecule has 1 nitrogen and oxygen atoms in total. The molecule has 2 atom stereocenters. The number of hydrogen-bond donors (Lipinski definition) is 0. The highest BCUT2D eigenvalue weighted by atomic mass is 19.4. The van der Waals surface area contributed by atoms with Crippen molar-refractivity contribution in [3.63, 3.8) is 0 Å². The number of halogens is 8. The van der Waals surface area contributed by atoms with E-state index < -0.39 is 36.8 Å². The Bertz CT molecular complexity index is 1050. The van der Waals surface area contributed by atoms with Gasteiger partial charge in [0.1, 0.15) is 17.9 Å². The van der Waals surface area contributed by atoms with Crippen LogP contribution in [0.1, 0.15) is 51.9 Å². The van der Waals surface area contributed by atoms with E-state index in [4.69, 9.17) is 0 Å². The molecule has 9 heteroatoms. The second-order valence-electron chi connectivity index (χ2n) is 8.53. The Morgan fingerprint density at radius 3 is 2.20 bits per heavy atom. The lowest BCUT2D eigenvalue weighted by Gasteiger charge is -2.21. The van der Waals surface area contributed by atoms with Crippen molar-refractivity contribution in [2.75, 3.05) is 20.1 Å².